The van der Waals surface area contributed by atoms with Crippen LogP contribution in [0.15, 0.2) is 134 Å². The number of phosphoric acid groups is 1. The van der Waals surface area contributed by atoms with Gasteiger partial charge in [-0.3, -0.25) is 18.6 Å². The zero-order valence-electron chi connectivity index (χ0n) is 54.1. The zero-order valence-corrected chi connectivity index (χ0v) is 55.0. The lowest BCUT2D eigenvalue weighted by atomic mass is 10.1. The molecule has 2 N–H and O–H groups in total. The molecule has 0 aromatic carbocycles. The van der Waals surface area contributed by atoms with Crippen molar-refractivity contribution in [2.24, 2.45) is 0 Å². The molecule has 3 atom stereocenters. The third kappa shape index (κ3) is 62.5. The molecule has 0 rings (SSSR count). The Morgan fingerprint density at radius 2 is 0.771 bits per heavy atom. The van der Waals surface area contributed by atoms with E-state index in [0.29, 0.717) is 23.9 Å². The van der Waals surface area contributed by atoms with Gasteiger partial charge in [0.1, 0.15) is 19.3 Å². The van der Waals surface area contributed by atoms with Crippen molar-refractivity contribution in [3.63, 3.8) is 0 Å². The number of quaternary nitrogens is 1. The van der Waals surface area contributed by atoms with Gasteiger partial charge >= 0.3 is 13.8 Å². The Balaban J connectivity index is 5.20. The Morgan fingerprint density at radius 3 is 1.18 bits per heavy atom. The topological polar surface area (TPSA) is 111 Å². The number of rotatable bonds is 59. The van der Waals surface area contributed by atoms with Gasteiger partial charge in [-0.2, -0.15) is 0 Å². The van der Waals surface area contributed by atoms with E-state index >= 15 is 0 Å². The van der Waals surface area contributed by atoms with Crippen LogP contribution in [0.4, 0.5) is 0 Å². The standard InChI is InChI=1S/C73H125N2O7P/c1-7-10-13-16-19-22-25-27-29-31-33-35-36-37-38-40-42-44-46-48-51-54-57-60-63-66-73(77)82-71(64-61-58-55-52-49-24-21-18-15-12-9-3)70(69-81-83(78,79)80-68-67-75(4,5)6)74-72(76)65-62-59-56-53-50-47-45-43-41-39-34-32-30-28-26-23-20-17-14-11-8-2/h10,13,19-20,22-23,27-30,33-35,37-39,42-45,61,64,70-71H,7-9,11-12,14-18,21,24-26,31-32,36,40-41,46-60,62-63,65-69H2,1-6H3,(H-,74,76,78,79)/p+1/b13-10-,22-19-,23-20-,29-27-,30-28-,35-33-,38-37-,39-34-,44-42-,45-43-,64-61+. The summed E-state index contributed by atoms with van der Waals surface area (Å²) < 4.78 is 30.7. The number of likely N-dealkylation sites (N-methyl/N-ethyl adjacent to an activating group) is 1. The first-order valence-corrected chi connectivity index (χ1v) is 35.0. The summed E-state index contributed by atoms with van der Waals surface area (Å²) in [7, 11) is 1.45. The maximum Gasteiger partial charge on any atom is 0.472 e. The minimum atomic E-state index is -4.47. The molecule has 0 spiro atoms. The van der Waals surface area contributed by atoms with Gasteiger partial charge in [-0.25, -0.2) is 4.57 Å². The summed E-state index contributed by atoms with van der Waals surface area (Å²) in [5.41, 5.74) is 0. The number of nitrogens with one attached hydrogen (secondary N) is 1. The molecule has 1 amide bonds. The molecule has 0 aliphatic rings. The zero-order chi connectivity index (χ0) is 60.7. The maximum absolute atomic E-state index is 13.6. The number of esters is 1. The van der Waals surface area contributed by atoms with E-state index in [2.05, 4.69) is 148 Å². The first-order chi connectivity index (χ1) is 40.4. The highest BCUT2D eigenvalue weighted by molar-refractivity contribution is 7.47. The van der Waals surface area contributed by atoms with Crippen LogP contribution in [0.25, 0.3) is 0 Å². The number of allylic oxidation sites excluding steroid dienone is 21. The molecule has 0 saturated heterocycles. The Hall–Kier alpha value is -3.85. The van der Waals surface area contributed by atoms with Gasteiger partial charge in [0.25, 0.3) is 0 Å². The van der Waals surface area contributed by atoms with Crippen molar-refractivity contribution in [3.8, 4) is 0 Å². The minimum absolute atomic E-state index is 0.0262. The number of ether oxygens (including phenoxy) is 1. The summed E-state index contributed by atoms with van der Waals surface area (Å²) in [5, 5.41) is 3.04. The minimum Gasteiger partial charge on any atom is -0.456 e. The van der Waals surface area contributed by atoms with E-state index in [1.54, 1.807) is 0 Å². The van der Waals surface area contributed by atoms with Crippen LogP contribution in [-0.4, -0.2) is 74.3 Å². The Kier molecular flexibility index (Phi) is 58.4. The van der Waals surface area contributed by atoms with Gasteiger partial charge in [0, 0.05) is 12.8 Å². The Bertz CT molecular complexity index is 1880. The Labute approximate surface area is 511 Å². The summed E-state index contributed by atoms with van der Waals surface area (Å²) in [4.78, 5) is 37.8. The molecule has 0 aliphatic heterocycles. The number of amides is 1. The van der Waals surface area contributed by atoms with E-state index in [0.717, 1.165) is 154 Å². The van der Waals surface area contributed by atoms with E-state index in [1.807, 2.05) is 33.3 Å². The molecule has 0 bridgehead atoms. The lowest BCUT2D eigenvalue weighted by molar-refractivity contribution is -0.870. The van der Waals surface area contributed by atoms with Crippen LogP contribution in [0.1, 0.15) is 265 Å². The molecule has 0 aromatic heterocycles. The van der Waals surface area contributed by atoms with E-state index in [-0.39, 0.29) is 31.5 Å². The van der Waals surface area contributed by atoms with Crippen molar-refractivity contribution >= 4 is 19.7 Å². The second-order valence-electron chi connectivity index (χ2n) is 23.3. The van der Waals surface area contributed by atoms with Crippen molar-refractivity contribution in [1.29, 1.82) is 0 Å². The number of carbonyl (C=O) groups is 2. The molecule has 0 heterocycles. The SMILES string of the molecule is CC/C=C\C/C=C\C/C=C\C/C=C\C/C=C\C/C=C\CCCCCCCCC(=O)OC(/C=C/CCCCCCCCCCC)C(COP(=O)(O)OCC[N+](C)(C)C)NC(=O)CCCCCCC/C=C\C/C=C\C/C=C\C/C=C\CCCCC. The van der Waals surface area contributed by atoms with Crippen LogP contribution in [0, 0.1) is 0 Å². The van der Waals surface area contributed by atoms with E-state index in [4.69, 9.17) is 13.8 Å². The molecule has 10 heteroatoms. The molecule has 474 valence electrons. The lowest BCUT2D eigenvalue weighted by Gasteiger charge is -2.27. The van der Waals surface area contributed by atoms with Gasteiger partial charge in [-0.1, -0.05) is 258 Å². The molecular weight excluding hydrogens is 1050 g/mol. The quantitative estimate of drug-likeness (QED) is 0.0205. The fourth-order valence-corrected chi connectivity index (χ4v) is 9.66. The smallest absolute Gasteiger partial charge is 0.456 e. The highest BCUT2D eigenvalue weighted by Gasteiger charge is 2.30. The largest absolute Gasteiger partial charge is 0.472 e. The van der Waals surface area contributed by atoms with E-state index in [1.165, 1.54) is 70.6 Å². The van der Waals surface area contributed by atoms with Gasteiger partial charge < -0.3 is 19.4 Å². The number of unbranched alkanes of at least 4 members (excludes halogenated alkanes) is 23. The fraction of sp³-hybridized carbons (Fsp3) is 0.671. The van der Waals surface area contributed by atoms with Crippen LogP contribution >= 0.6 is 7.82 Å². The molecule has 83 heavy (non-hydrogen) atoms. The third-order valence-electron chi connectivity index (χ3n) is 14.1. The third-order valence-corrected chi connectivity index (χ3v) is 15.1. The van der Waals surface area contributed by atoms with E-state index < -0.39 is 20.0 Å². The number of nitrogens with zero attached hydrogens (tertiary/aromatic N) is 1. The monoisotopic (exact) mass is 1170 g/mol. The highest BCUT2D eigenvalue weighted by Crippen LogP contribution is 2.43. The summed E-state index contributed by atoms with van der Waals surface area (Å²) >= 11 is 0. The molecule has 0 aliphatic carbocycles. The predicted molar refractivity (Wildman–Crippen MR) is 359 cm³/mol. The van der Waals surface area contributed by atoms with Crippen molar-refractivity contribution in [1.82, 2.24) is 5.32 Å². The molecular formula is C73H126N2O7P+. The van der Waals surface area contributed by atoms with Crippen LogP contribution in [0.5, 0.6) is 0 Å². The van der Waals surface area contributed by atoms with Crippen molar-refractivity contribution in [2.75, 3.05) is 40.9 Å². The van der Waals surface area contributed by atoms with Gasteiger partial charge in [-0.05, 0) is 128 Å². The molecule has 9 nitrogen and oxygen atoms in total. The van der Waals surface area contributed by atoms with Gasteiger partial charge in [0.05, 0.1) is 33.8 Å². The fourth-order valence-electron chi connectivity index (χ4n) is 8.93. The van der Waals surface area contributed by atoms with Crippen molar-refractivity contribution in [3.05, 3.63) is 134 Å². The van der Waals surface area contributed by atoms with Crippen molar-refractivity contribution in [2.45, 2.75) is 277 Å². The first kappa shape index (κ1) is 79.2. The number of phosphoric ester groups is 1. The summed E-state index contributed by atoms with van der Waals surface area (Å²) in [5.74, 6) is -0.551. The van der Waals surface area contributed by atoms with Gasteiger partial charge in [0.15, 0.2) is 0 Å². The second kappa shape index (κ2) is 61.2. The van der Waals surface area contributed by atoms with Crippen LogP contribution in [0.3, 0.4) is 0 Å². The number of carbonyl (C=O) groups excluding carboxylic acids is 2. The molecule has 0 aromatic rings. The first-order valence-electron chi connectivity index (χ1n) is 33.5. The van der Waals surface area contributed by atoms with Gasteiger partial charge in [-0.15, -0.1) is 0 Å². The van der Waals surface area contributed by atoms with Crippen LogP contribution < -0.4 is 5.32 Å². The van der Waals surface area contributed by atoms with Gasteiger partial charge in [0.2, 0.25) is 5.91 Å². The average Bonchev–Trinajstić information content (AvgIpc) is 3.51. The maximum atomic E-state index is 13.6. The number of hydrogen-bond donors (Lipinski definition) is 2. The molecule has 0 fully saturated rings. The lowest BCUT2D eigenvalue weighted by Crippen LogP contribution is -2.47. The molecule has 0 saturated carbocycles. The second-order valence-corrected chi connectivity index (χ2v) is 24.7. The molecule has 3 unspecified atom stereocenters. The molecule has 0 radical (unpaired) electrons. The summed E-state index contributed by atoms with van der Waals surface area (Å²) in [6.45, 7) is 6.83. The normalized spacial score (nSPS) is 14.4. The Morgan fingerprint density at radius 1 is 0.434 bits per heavy atom. The predicted octanol–water partition coefficient (Wildman–Crippen LogP) is 21.2. The summed E-state index contributed by atoms with van der Waals surface area (Å²) in [6, 6.07) is -0.875. The number of hydrogen-bond acceptors (Lipinski definition) is 6. The summed E-state index contributed by atoms with van der Waals surface area (Å²) in [6.07, 6.45) is 87.4. The van der Waals surface area contributed by atoms with Crippen molar-refractivity contribution < 1.29 is 37.3 Å². The van der Waals surface area contributed by atoms with E-state index in [9.17, 15) is 19.0 Å². The van der Waals surface area contributed by atoms with Crippen LogP contribution in [0.2, 0.25) is 0 Å². The van der Waals surface area contributed by atoms with Crippen LogP contribution in [-0.2, 0) is 27.9 Å². The highest BCUT2D eigenvalue weighted by atomic mass is 31.2. The average molecular weight is 1170 g/mol.